The highest BCUT2D eigenvalue weighted by atomic mass is 32.2. The number of hydrogen-bond donors (Lipinski definition) is 1. The van der Waals surface area contributed by atoms with E-state index < -0.39 is 15.9 Å². The summed E-state index contributed by atoms with van der Waals surface area (Å²) in [5.74, 6) is 0.611. The van der Waals surface area contributed by atoms with E-state index in [0.717, 1.165) is 11.8 Å². The second kappa shape index (κ2) is 10.2. The molecule has 0 spiro atoms. The topological polar surface area (TPSA) is 63.2 Å². The van der Waals surface area contributed by atoms with Gasteiger partial charge in [0.15, 0.2) is 0 Å². The van der Waals surface area contributed by atoms with Gasteiger partial charge in [0.2, 0.25) is 10.0 Å². The van der Waals surface area contributed by atoms with Crippen LogP contribution in [0.4, 0.5) is 0 Å². The van der Waals surface area contributed by atoms with E-state index in [2.05, 4.69) is 13.0 Å². The number of sulfonamides is 1. The number of rotatable bonds is 4. The molecule has 0 aliphatic heterocycles. The molecule has 1 aromatic rings. The number of hydrogen-bond acceptors (Lipinski definition) is 3. The number of carbonyl (C=O) groups excluding carboxylic acids is 1. The zero-order valence-corrected chi connectivity index (χ0v) is 15.8. The van der Waals surface area contributed by atoms with Gasteiger partial charge in [-0.15, -0.1) is 0 Å². The molecule has 1 aliphatic carbocycles. The molecule has 1 fully saturated rings. The molecule has 0 aromatic heterocycles. The maximum absolute atomic E-state index is 11.4. The van der Waals surface area contributed by atoms with Gasteiger partial charge >= 0.3 is 0 Å². The van der Waals surface area contributed by atoms with Crippen molar-refractivity contribution in [2.75, 3.05) is 6.26 Å². The monoisotopic (exact) mass is 339 g/mol. The minimum Gasteiger partial charge on any atom is -0.269 e. The number of benzene rings is 1. The van der Waals surface area contributed by atoms with Crippen LogP contribution in [-0.2, 0) is 14.8 Å². The SMILES string of the molecule is CC.CC.CC1CC1c1ccccc1/C=C/C(=O)NS(C)(=O)=O. The summed E-state index contributed by atoms with van der Waals surface area (Å²) >= 11 is 0. The van der Waals surface area contributed by atoms with Gasteiger partial charge < -0.3 is 0 Å². The predicted octanol–water partition coefficient (Wildman–Crippen LogP) is 3.95. The van der Waals surface area contributed by atoms with Crippen molar-refractivity contribution >= 4 is 22.0 Å². The molecule has 1 saturated carbocycles. The summed E-state index contributed by atoms with van der Waals surface area (Å²) < 4.78 is 23.7. The minimum absolute atomic E-state index is 0.554. The van der Waals surface area contributed by atoms with Crippen molar-refractivity contribution in [1.29, 1.82) is 0 Å². The third-order valence-electron chi connectivity index (χ3n) is 3.21. The molecule has 130 valence electrons. The summed E-state index contributed by atoms with van der Waals surface area (Å²) in [7, 11) is -3.50. The molecule has 1 aromatic carbocycles. The first-order valence-electron chi connectivity index (χ1n) is 8.15. The lowest BCUT2D eigenvalue weighted by atomic mass is 10.0. The molecule has 2 rings (SSSR count). The van der Waals surface area contributed by atoms with E-state index in [9.17, 15) is 13.2 Å². The Morgan fingerprint density at radius 1 is 1.17 bits per heavy atom. The van der Waals surface area contributed by atoms with Crippen molar-refractivity contribution in [3.8, 4) is 0 Å². The molecule has 1 N–H and O–H groups in total. The third-order valence-corrected chi connectivity index (χ3v) is 3.78. The summed E-state index contributed by atoms with van der Waals surface area (Å²) in [4.78, 5) is 11.4. The average molecular weight is 340 g/mol. The molecule has 1 amide bonds. The van der Waals surface area contributed by atoms with Crippen molar-refractivity contribution in [2.45, 2.75) is 47.0 Å². The van der Waals surface area contributed by atoms with E-state index in [0.29, 0.717) is 11.8 Å². The smallest absolute Gasteiger partial charge is 0.257 e. The van der Waals surface area contributed by atoms with Gasteiger partial charge in [-0.25, -0.2) is 13.1 Å². The van der Waals surface area contributed by atoms with Crippen LogP contribution in [0.3, 0.4) is 0 Å². The van der Waals surface area contributed by atoms with Crippen LogP contribution in [0.25, 0.3) is 6.08 Å². The first-order chi connectivity index (χ1) is 10.9. The Labute approximate surface area is 141 Å². The largest absolute Gasteiger partial charge is 0.269 e. The number of carbonyl (C=O) groups is 1. The Morgan fingerprint density at radius 3 is 2.17 bits per heavy atom. The van der Waals surface area contributed by atoms with Gasteiger partial charge in [-0.1, -0.05) is 58.9 Å². The van der Waals surface area contributed by atoms with E-state index in [-0.39, 0.29) is 0 Å². The Balaban J connectivity index is 0.00000112. The van der Waals surface area contributed by atoms with Gasteiger partial charge in [0.25, 0.3) is 5.91 Å². The third kappa shape index (κ3) is 7.98. The second-order valence-corrected chi connectivity index (χ2v) is 6.77. The zero-order chi connectivity index (χ0) is 18.0. The quantitative estimate of drug-likeness (QED) is 0.845. The maximum atomic E-state index is 11.4. The highest BCUT2D eigenvalue weighted by Crippen LogP contribution is 2.48. The van der Waals surface area contributed by atoms with Crippen LogP contribution in [0.15, 0.2) is 30.3 Å². The van der Waals surface area contributed by atoms with Crippen LogP contribution in [-0.4, -0.2) is 20.6 Å². The van der Waals surface area contributed by atoms with E-state index in [1.807, 2.05) is 50.6 Å². The van der Waals surface area contributed by atoms with E-state index >= 15 is 0 Å². The molecule has 5 heteroatoms. The molecule has 2 unspecified atom stereocenters. The lowest BCUT2D eigenvalue weighted by Crippen LogP contribution is -2.27. The van der Waals surface area contributed by atoms with Crippen LogP contribution < -0.4 is 4.72 Å². The maximum Gasteiger partial charge on any atom is 0.257 e. The van der Waals surface area contributed by atoms with Gasteiger partial charge in [0.1, 0.15) is 0 Å². The fourth-order valence-electron chi connectivity index (χ4n) is 2.14. The first kappa shape index (κ1) is 21.4. The molecule has 1 aliphatic rings. The molecular weight excluding hydrogens is 310 g/mol. The van der Waals surface area contributed by atoms with Crippen LogP contribution >= 0.6 is 0 Å². The highest BCUT2D eigenvalue weighted by molar-refractivity contribution is 7.89. The van der Waals surface area contributed by atoms with Crippen molar-refractivity contribution in [3.63, 3.8) is 0 Å². The molecule has 0 saturated heterocycles. The van der Waals surface area contributed by atoms with Gasteiger partial charge in [-0.05, 0) is 35.5 Å². The van der Waals surface area contributed by atoms with Crippen LogP contribution in [0.2, 0.25) is 0 Å². The Hall–Kier alpha value is -1.62. The molecule has 4 nitrogen and oxygen atoms in total. The predicted molar refractivity (Wildman–Crippen MR) is 97.7 cm³/mol. The van der Waals surface area contributed by atoms with E-state index in [4.69, 9.17) is 0 Å². The normalized spacial score (nSPS) is 19.0. The fourth-order valence-corrected chi connectivity index (χ4v) is 2.57. The Morgan fingerprint density at radius 2 is 1.70 bits per heavy atom. The second-order valence-electron chi connectivity index (χ2n) is 5.02. The van der Waals surface area contributed by atoms with Gasteiger partial charge in [-0.2, -0.15) is 0 Å². The standard InChI is InChI=1S/C14H17NO3S.2C2H6/c1-10-9-13(10)12-6-4-3-5-11(12)7-8-14(16)15-19(2,17)18;2*1-2/h3-8,10,13H,9H2,1-2H3,(H,15,16);2*1-2H3/b8-7+;;. The van der Waals surface area contributed by atoms with Crippen molar-refractivity contribution in [3.05, 3.63) is 41.5 Å². The summed E-state index contributed by atoms with van der Waals surface area (Å²) in [6, 6.07) is 7.88. The van der Waals surface area contributed by atoms with Crippen molar-refractivity contribution in [1.82, 2.24) is 4.72 Å². The summed E-state index contributed by atoms with van der Waals surface area (Å²) in [6.07, 6.45) is 5.05. The van der Waals surface area contributed by atoms with E-state index in [1.54, 1.807) is 6.08 Å². The molecule has 2 atom stereocenters. The fraction of sp³-hybridized carbons (Fsp3) is 0.500. The zero-order valence-electron chi connectivity index (χ0n) is 15.0. The van der Waals surface area contributed by atoms with Crippen molar-refractivity contribution in [2.24, 2.45) is 5.92 Å². The average Bonchev–Trinajstić information content (AvgIpc) is 3.25. The summed E-state index contributed by atoms with van der Waals surface area (Å²) in [5.41, 5.74) is 2.19. The van der Waals surface area contributed by atoms with Gasteiger partial charge in [0.05, 0.1) is 6.26 Å². The Kier molecular flexibility index (Phi) is 9.49. The van der Waals surface area contributed by atoms with Gasteiger partial charge in [-0.3, -0.25) is 4.79 Å². The molecule has 23 heavy (non-hydrogen) atoms. The highest BCUT2D eigenvalue weighted by Gasteiger charge is 2.34. The Bertz CT molecular complexity index is 621. The lowest BCUT2D eigenvalue weighted by molar-refractivity contribution is -0.114. The first-order valence-corrected chi connectivity index (χ1v) is 10.0. The summed E-state index contributed by atoms with van der Waals surface area (Å²) in [6.45, 7) is 10.2. The van der Waals surface area contributed by atoms with Crippen molar-refractivity contribution < 1.29 is 13.2 Å². The van der Waals surface area contributed by atoms with Crippen LogP contribution in [0, 0.1) is 5.92 Å². The molecule has 0 heterocycles. The molecular formula is C18H29NO3S. The number of amides is 1. The number of nitrogens with one attached hydrogen (secondary N) is 1. The molecule has 0 bridgehead atoms. The van der Waals surface area contributed by atoms with Gasteiger partial charge in [0, 0.05) is 6.08 Å². The van der Waals surface area contributed by atoms with E-state index in [1.165, 1.54) is 18.1 Å². The minimum atomic E-state index is -3.50. The lowest BCUT2D eigenvalue weighted by Gasteiger charge is -2.04. The van der Waals surface area contributed by atoms with Crippen LogP contribution in [0.5, 0.6) is 0 Å². The molecule has 0 radical (unpaired) electrons. The summed E-state index contributed by atoms with van der Waals surface area (Å²) in [5, 5.41) is 0. The van der Waals surface area contributed by atoms with Crippen LogP contribution in [0.1, 0.15) is 58.1 Å².